The van der Waals surface area contributed by atoms with Gasteiger partial charge >= 0.3 is 0 Å². The Morgan fingerprint density at radius 3 is 2.80 bits per heavy atom. The van der Waals surface area contributed by atoms with Crippen molar-refractivity contribution in [2.24, 2.45) is 0 Å². The van der Waals surface area contributed by atoms with Crippen molar-refractivity contribution in [2.75, 3.05) is 19.4 Å². The Morgan fingerprint density at radius 1 is 1.37 bits per heavy atom. The number of nitrogens with one attached hydrogen (secondary N) is 1. The third kappa shape index (κ3) is 5.01. The molecule has 1 unspecified atom stereocenters. The van der Waals surface area contributed by atoms with Gasteiger partial charge in [0.2, 0.25) is 21.1 Å². The zero-order valence-corrected chi connectivity index (χ0v) is 18.7. The molecule has 3 aromatic rings. The SMILES string of the molecule is CC(Sc1nnnn1Cc1ccco1)C(=O)Nc1ccc(Cl)c(S(=O)(=O)N(C)C)c1. The summed E-state index contributed by atoms with van der Waals surface area (Å²) in [4.78, 5) is 12.5. The fraction of sp³-hybridized carbons (Fsp3) is 0.294. The van der Waals surface area contributed by atoms with E-state index in [-0.39, 0.29) is 15.8 Å². The molecule has 1 aromatic carbocycles. The molecule has 160 valence electrons. The quantitative estimate of drug-likeness (QED) is 0.497. The number of benzene rings is 1. The molecule has 0 spiro atoms. The molecule has 3 rings (SSSR count). The predicted molar refractivity (Wildman–Crippen MR) is 112 cm³/mol. The van der Waals surface area contributed by atoms with Crippen LogP contribution in [0.15, 0.2) is 51.1 Å². The molecule has 1 amide bonds. The van der Waals surface area contributed by atoms with E-state index in [2.05, 4.69) is 20.8 Å². The zero-order chi connectivity index (χ0) is 21.9. The number of anilines is 1. The maximum Gasteiger partial charge on any atom is 0.244 e. The van der Waals surface area contributed by atoms with Crippen LogP contribution < -0.4 is 5.32 Å². The summed E-state index contributed by atoms with van der Waals surface area (Å²) in [5.41, 5.74) is 0.312. The monoisotopic (exact) mass is 470 g/mol. The Morgan fingerprint density at radius 2 is 2.13 bits per heavy atom. The number of furan rings is 1. The summed E-state index contributed by atoms with van der Waals surface area (Å²) in [7, 11) is -0.941. The Kier molecular flexibility index (Phi) is 6.81. The van der Waals surface area contributed by atoms with Crippen LogP contribution in [0.3, 0.4) is 0 Å². The molecule has 0 bridgehead atoms. The molecule has 0 aliphatic rings. The second kappa shape index (κ2) is 9.16. The number of hydrogen-bond donors (Lipinski definition) is 1. The second-order valence-corrected chi connectivity index (χ2v) is 10.2. The first-order valence-corrected chi connectivity index (χ1v) is 11.4. The van der Waals surface area contributed by atoms with Gasteiger partial charge in [0.1, 0.15) is 17.2 Å². The number of amides is 1. The summed E-state index contributed by atoms with van der Waals surface area (Å²) in [6, 6.07) is 7.85. The number of tetrazole rings is 1. The fourth-order valence-electron chi connectivity index (χ4n) is 2.36. The van der Waals surface area contributed by atoms with Crippen molar-refractivity contribution < 1.29 is 17.6 Å². The van der Waals surface area contributed by atoms with E-state index in [0.717, 1.165) is 16.1 Å². The molecule has 13 heteroatoms. The normalized spacial score (nSPS) is 12.8. The van der Waals surface area contributed by atoms with Gasteiger partial charge in [0, 0.05) is 19.8 Å². The number of thioether (sulfide) groups is 1. The van der Waals surface area contributed by atoms with Crippen molar-refractivity contribution in [3.63, 3.8) is 0 Å². The lowest BCUT2D eigenvalue weighted by Gasteiger charge is -2.15. The van der Waals surface area contributed by atoms with Crippen molar-refractivity contribution >= 4 is 45.0 Å². The minimum Gasteiger partial charge on any atom is -0.467 e. The van der Waals surface area contributed by atoms with Crippen LogP contribution in [0.1, 0.15) is 12.7 Å². The van der Waals surface area contributed by atoms with E-state index in [1.165, 1.54) is 37.0 Å². The van der Waals surface area contributed by atoms with Crippen molar-refractivity contribution in [1.29, 1.82) is 0 Å². The fourth-order valence-corrected chi connectivity index (χ4v) is 4.54. The van der Waals surface area contributed by atoms with Gasteiger partial charge in [0.15, 0.2) is 0 Å². The van der Waals surface area contributed by atoms with Crippen LogP contribution in [0.5, 0.6) is 0 Å². The van der Waals surface area contributed by atoms with Gasteiger partial charge in [-0.1, -0.05) is 23.4 Å². The van der Waals surface area contributed by atoms with E-state index in [9.17, 15) is 13.2 Å². The summed E-state index contributed by atoms with van der Waals surface area (Å²) in [5, 5.41) is 14.2. The van der Waals surface area contributed by atoms with Crippen molar-refractivity contribution in [3.8, 4) is 0 Å². The van der Waals surface area contributed by atoms with Crippen LogP contribution >= 0.6 is 23.4 Å². The average molecular weight is 471 g/mol. The van der Waals surface area contributed by atoms with Gasteiger partial charge in [0.05, 0.1) is 16.5 Å². The lowest BCUT2D eigenvalue weighted by atomic mass is 10.3. The first-order valence-electron chi connectivity index (χ1n) is 8.66. The van der Waals surface area contributed by atoms with Crippen LogP contribution in [0.2, 0.25) is 5.02 Å². The van der Waals surface area contributed by atoms with Crippen LogP contribution in [0.4, 0.5) is 5.69 Å². The van der Waals surface area contributed by atoms with E-state index in [0.29, 0.717) is 23.1 Å². The molecule has 0 fully saturated rings. The van der Waals surface area contributed by atoms with Crippen LogP contribution in [0.25, 0.3) is 0 Å². The number of rotatable bonds is 8. The van der Waals surface area contributed by atoms with Crippen LogP contribution in [0, 0.1) is 0 Å². The Balaban J connectivity index is 1.71. The summed E-state index contributed by atoms with van der Waals surface area (Å²) in [5.74, 6) is 0.333. The molecule has 30 heavy (non-hydrogen) atoms. The number of carbonyl (C=O) groups is 1. The number of sulfonamides is 1. The van der Waals surface area contributed by atoms with E-state index >= 15 is 0 Å². The number of hydrogen-bond acceptors (Lipinski definition) is 8. The zero-order valence-electron chi connectivity index (χ0n) is 16.3. The van der Waals surface area contributed by atoms with Gasteiger partial charge < -0.3 is 9.73 Å². The maximum atomic E-state index is 12.6. The van der Waals surface area contributed by atoms with Gasteiger partial charge in [-0.05, 0) is 47.7 Å². The Bertz CT molecular complexity index is 1130. The summed E-state index contributed by atoms with van der Waals surface area (Å²) < 4.78 is 32.7. The van der Waals surface area contributed by atoms with Crippen molar-refractivity contribution in [3.05, 3.63) is 47.4 Å². The second-order valence-electron chi connectivity index (χ2n) is 6.38. The lowest BCUT2D eigenvalue weighted by molar-refractivity contribution is -0.115. The summed E-state index contributed by atoms with van der Waals surface area (Å²) in [6.07, 6.45) is 1.56. The third-order valence-electron chi connectivity index (χ3n) is 3.99. The minimum absolute atomic E-state index is 0.0706. The highest BCUT2D eigenvalue weighted by Gasteiger charge is 2.23. The molecule has 2 aromatic heterocycles. The standard InChI is InChI=1S/C17H19ClN6O4S2/c1-11(29-17-20-21-22-24(17)10-13-5-4-8-28-13)16(25)19-12-6-7-14(18)15(9-12)30(26,27)23(2)3/h4-9,11H,10H2,1-3H3,(H,19,25). The van der Waals surface area contributed by atoms with Crippen LogP contribution in [-0.4, -0.2) is 58.2 Å². The molecule has 2 heterocycles. The molecule has 1 atom stereocenters. The first kappa shape index (κ1) is 22.3. The number of carbonyl (C=O) groups excluding carboxylic acids is 1. The van der Waals surface area contributed by atoms with Crippen LogP contribution in [-0.2, 0) is 21.4 Å². The molecular weight excluding hydrogens is 452 g/mol. The van der Waals surface area contributed by atoms with Crippen molar-refractivity contribution in [2.45, 2.75) is 28.8 Å². The molecular formula is C17H19ClN6O4S2. The predicted octanol–water partition coefficient (Wildman–Crippen LogP) is 2.34. The van der Waals surface area contributed by atoms with Gasteiger partial charge in [-0.25, -0.2) is 17.4 Å². The van der Waals surface area contributed by atoms with Gasteiger partial charge in [-0.2, -0.15) is 0 Å². The summed E-state index contributed by atoms with van der Waals surface area (Å²) in [6.45, 7) is 2.03. The van der Waals surface area contributed by atoms with E-state index in [1.54, 1.807) is 25.3 Å². The summed E-state index contributed by atoms with van der Waals surface area (Å²) >= 11 is 7.20. The highest BCUT2D eigenvalue weighted by atomic mass is 35.5. The molecule has 10 nitrogen and oxygen atoms in total. The third-order valence-corrected chi connectivity index (χ3v) is 7.36. The molecule has 0 saturated heterocycles. The maximum absolute atomic E-state index is 12.6. The van der Waals surface area contributed by atoms with E-state index < -0.39 is 15.3 Å². The minimum atomic E-state index is -3.75. The number of aromatic nitrogens is 4. The largest absolute Gasteiger partial charge is 0.467 e. The molecule has 1 N–H and O–H groups in total. The van der Waals surface area contributed by atoms with Crippen molar-refractivity contribution in [1.82, 2.24) is 24.5 Å². The molecule has 0 saturated carbocycles. The molecule has 0 aliphatic heterocycles. The Hall–Kier alpha value is -2.41. The number of halogens is 1. The smallest absolute Gasteiger partial charge is 0.244 e. The molecule has 0 aliphatic carbocycles. The first-order chi connectivity index (χ1) is 14.2. The molecule has 0 radical (unpaired) electrons. The van der Waals surface area contributed by atoms with Gasteiger partial charge in [0.25, 0.3) is 0 Å². The highest BCUT2D eigenvalue weighted by Crippen LogP contribution is 2.28. The average Bonchev–Trinajstić information content (AvgIpc) is 3.35. The van der Waals surface area contributed by atoms with E-state index in [1.807, 2.05) is 0 Å². The van der Waals surface area contributed by atoms with Gasteiger partial charge in [-0.15, -0.1) is 5.10 Å². The highest BCUT2D eigenvalue weighted by molar-refractivity contribution is 8.00. The topological polar surface area (TPSA) is 123 Å². The number of nitrogens with zero attached hydrogens (tertiary/aromatic N) is 5. The lowest BCUT2D eigenvalue weighted by Crippen LogP contribution is -2.24. The Labute approximate surface area is 182 Å². The van der Waals surface area contributed by atoms with E-state index in [4.69, 9.17) is 16.0 Å². The van der Waals surface area contributed by atoms with Gasteiger partial charge in [-0.3, -0.25) is 4.79 Å².